The molecule has 0 radical (unpaired) electrons. The van der Waals surface area contributed by atoms with Crippen molar-refractivity contribution >= 4 is 17.0 Å². The molecule has 0 aliphatic carbocycles. The maximum absolute atomic E-state index is 12.7. The Hall–Kier alpha value is -2.31. The highest BCUT2D eigenvalue weighted by Crippen LogP contribution is 2.19. The summed E-state index contributed by atoms with van der Waals surface area (Å²) < 4.78 is 9.89. The zero-order valence-corrected chi connectivity index (χ0v) is 12.8. The van der Waals surface area contributed by atoms with Crippen molar-refractivity contribution < 1.29 is 4.42 Å². The maximum atomic E-state index is 12.7. The van der Waals surface area contributed by atoms with Crippen LogP contribution in [-0.2, 0) is 13.6 Å². The fourth-order valence-electron chi connectivity index (χ4n) is 2.57. The van der Waals surface area contributed by atoms with Crippen LogP contribution in [0.2, 0.25) is 0 Å². The Morgan fingerprint density at radius 3 is 2.52 bits per heavy atom. The number of oxazole rings is 1. The largest absolute Gasteiger partial charge is 0.428 e. The first kappa shape index (κ1) is 13.7. The van der Waals surface area contributed by atoms with E-state index in [1.54, 1.807) is 11.4 Å². The normalized spacial score (nSPS) is 12.1. The zero-order valence-electron chi connectivity index (χ0n) is 12.8. The summed E-state index contributed by atoms with van der Waals surface area (Å²) in [6.07, 6.45) is 0. The molecule has 0 fully saturated rings. The molecule has 3 aromatic heterocycles. The van der Waals surface area contributed by atoms with Crippen molar-refractivity contribution in [3.05, 3.63) is 32.3 Å². The van der Waals surface area contributed by atoms with Crippen LogP contribution in [0.15, 0.2) is 14.0 Å². The summed E-state index contributed by atoms with van der Waals surface area (Å²) in [7, 11) is 1.62. The minimum atomic E-state index is -0.351. The Kier molecular flexibility index (Phi) is 2.82. The molecule has 0 aliphatic heterocycles. The molecule has 112 valence electrons. The third kappa shape index (κ3) is 1.76. The van der Waals surface area contributed by atoms with E-state index in [1.807, 2.05) is 27.7 Å². The fourth-order valence-corrected chi connectivity index (χ4v) is 2.57. The van der Waals surface area contributed by atoms with Crippen LogP contribution >= 0.6 is 0 Å². The maximum Gasteiger partial charge on any atom is 0.332 e. The van der Waals surface area contributed by atoms with Gasteiger partial charge in [-0.3, -0.25) is 18.3 Å². The SMILES string of the molecule is Cc1oc2nc3c(c(=O)n(CC(C)C)c(=O)n3C)n2c1C. The highest BCUT2D eigenvalue weighted by atomic mass is 16.4. The molecular weight excluding hydrogens is 272 g/mol. The number of hydrogen-bond acceptors (Lipinski definition) is 4. The number of imidazole rings is 1. The number of rotatable bonds is 2. The summed E-state index contributed by atoms with van der Waals surface area (Å²) in [6, 6.07) is 0. The lowest BCUT2D eigenvalue weighted by Crippen LogP contribution is -2.40. The van der Waals surface area contributed by atoms with Gasteiger partial charge in [0.15, 0.2) is 11.2 Å². The van der Waals surface area contributed by atoms with Crippen molar-refractivity contribution in [2.45, 2.75) is 34.2 Å². The Morgan fingerprint density at radius 1 is 1.24 bits per heavy atom. The minimum Gasteiger partial charge on any atom is -0.428 e. The van der Waals surface area contributed by atoms with Gasteiger partial charge in [-0.1, -0.05) is 13.8 Å². The molecule has 7 heteroatoms. The smallest absolute Gasteiger partial charge is 0.332 e. The topological polar surface area (TPSA) is 74.4 Å². The van der Waals surface area contributed by atoms with E-state index in [0.717, 1.165) is 5.69 Å². The molecule has 0 saturated heterocycles. The summed E-state index contributed by atoms with van der Waals surface area (Å²) in [4.78, 5) is 29.3. The average Bonchev–Trinajstić information content (AvgIpc) is 2.90. The van der Waals surface area contributed by atoms with E-state index in [4.69, 9.17) is 4.42 Å². The van der Waals surface area contributed by atoms with Gasteiger partial charge in [0, 0.05) is 13.6 Å². The van der Waals surface area contributed by atoms with Gasteiger partial charge in [0.25, 0.3) is 5.56 Å². The molecule has 0 unspecified atom stereocenters. The molecule has 21 heavy (non-hydrogen) atoms. The molecular formula is C14H18N4O3. The predicted octanol–water partition coefficient (Wildman–Crippen LogP) is 1.21. The van der Waals surface area contributed by atoms with Gasteiger partial charge in [0.1, 0.15) is 5.76 Å². The second kappa shape index (κ2) is 4.34. The monoisotopic (exact) mass is 290 g/mol. The molecule has 0 amide bonds. The Balaban J connectivity index is 2.55. The molecule has 0 aliphatic rings. The first-order chi connectivity index (χ1) is 9.82. The van der Waals surface area contributed by atoms with Crippen LogP contribution in [0.3, 0.4) is 0 Å². The van der Waals surface area contributed by atoms with Gasteiger partial charge in [-0.2, -0.15) is 4.98 Å². The second-order valence-electron chi connectivity index (χ2n) is 5.80. The van der Waals surface area contributed by atoms with Crippen LogP contribution in [0, 0.1) is 19.8 Å². The van der Waals surface area contributed by atoms with Gasteiger partial charge >= 0.3 is 11.5 Å². The van der Waals surface area contributed by atoms with Crippen molar-refractivity contribution in [2.24, 2.45) is 13.0 Å². The summed E-state index contributed by atoms with van der Waals surface area (Å²) in [5.74, 6) is 1.25. The summed E-state index contributed by atoms with van der Waals surface area (Å²) in [6.45, 7) is 8.00. The lowest BCUT2D eigenvalue weighted by Gasteiger charge is -2.10. The van der Waals surface area contributed by atoms with Crippen molar-refractivity contribution in [2.75, 3.05) is 0 Å². The predicted molar refractivity (Wildman–Crippen MR) is 78.8 cm³/mol. The highest BCUT2D eigenvalue weighted by molar-refractivity contribution is 5.75. The Bertz CT molecular complexity index is 968. The lowest BCUT2D eigenvalue weighted by molar-refractivity contribution is 0.484. The van der Waals surface area contributed by atoms with Crippen LogP contribution in [0.5, 0.6) is 0 Å². The van der Waals surface area contributed by atoms with Gasteiger partial charge < -0.3 is 4.42 Å². The zero-order chi connectivity index (χ0) is 15.5. The van der Waals surface area contributed by atoms with E-state index in [9.17, 15) is 9.59 Å². The molecule has 3 heterocycles. The molecule has 0 spiro atoms. The number of aromatic nitrogens is 4. The van der Waals surface area contributed by atoms with Crippen LogP contribution in [0.25, 0.3) is 17.0 Å². The molecule has 0 bridgehead atoms. The van der Waals surface area contributed by atoms with Crippen molar-refractivity contribution in [1.82, 2.24) is 18.5 Å². The Labute approximate surface area is 120 Å². The van der Waals surface area contributed by atoms with Crippen LogP contribution in [0.1, 0.15) is 25.3 Å². The quantitative estimate of drug-likeness (QED) is 0.711. The molecule has 3 rings (SSSR count). The third-order valence-electron chi connectivity index (χ3n) is 3.75. The lowest BCUT2D eigenvalue weighted by atomic mass is 10.2. The summed E-state index contributed by atoms with van der Waals surface area (Å²) >= 11 is 0. The highest BCUT2D eigenvalue weighted by Gasteiger charge is 2.21. The first-order valence-electron chi connectivity index (χ1n) is 6.91. The average molecular weight is 290 g/mol. The number of hydrogen-bond donors (Lipinski definition) is 0. The third-order valence-corrected chi connectivity index (χ3v) is 3.75. The van der Waals surface area contributed by atoms with Gasteiger partial charge in [0.2, 0.25) is 0 Å². The van der Waals surface area contributed by atoms with Crippen LogP contribution in [0.4, 0.5) is 0 Å². The minimum absolute atomic E-state index is 0.198. The molecule has 0 aromatic carbocycles. The molecule has 0 atom stereocenters. The number of fused-ring (bicyclic) bond motifs is 3. The molecule has 0 saturated carbocycles. The number of aryl methyl sites for hydroxylation is 3. The van der Waals surface area contributed by atoms with Gasteiger partial charge in [-0.25, -0.2) is 4.79 Å². The van der Waals surface area contributed by atoms with Crippen molar-refractivity contribution in [3.63, 3.8) is 0 Å². The summed E-state index contributed by atoms with van der Waals surface area (Å²) in [5.41, 5.74) is 0.892. The van der Waals surface area contributed by atoms with Gasteiger partial charge in [0.05, 0.1) is 5.69 Å². The molecule has 3 aromatic rings. The van der Waals surface area contributed by atoms with E-state index >= 15 is 0 Å². The van der Waals surface area contributed by atoms with E-state index in [-0.39, 0.29) is 17.2 Å². The fraction of sp³-hybridized carbons (Fsp3) is 0.500. The van der Waals surface area contributed by atoms with Crippen LogP contribution < -0.4 is 11.2 Å². The van der Waals surface area contributed by atoms with Crippen LogP contribution in [-0.4, -0.2) is 18.5 Å². The second-order valence-corrected chi connectivity index (χ2v) is 5.80. The van der Waals surface area contributed by atoms with Crippen molar-refractivity contribution in [3.8, 4) is 0 Å². The van der Waals surface area contributed by atoms with E-state index in [2.05, 4.69) is 4.98 Å². The number of nitrogens with zero attached hydrogens (tertiary/aromatic N) is 4. The van der Waals surface area contributed by atoms with Gasteiger partial charge in [-0.05, 0) is 19.8 Å². The van der Waals surface area contributed by atoms with E-state index in [0.29, 0.717) is 29.3 Å². The van der Waals surface area contributed by atoms with E-state index in [1.165, 1.54) is 9.13 Å². The Morgan fingerprint density at radius 2 is 1.90 bits per heavy atom. The van der Waals surface area contributed by atoms with Gasteiger partial charge in [-0.15, -0.1) is 0 Å². The standard InChI is InChI=1S/C14H18N4O3/c1-7(2)6-17-12(19)10-11(16(5)14(17)20)15-13-18(10)8(3)9(4)21-13/h7H,6H2,1-5H3. The summed E-state index contributed by atoms with van der Waals surface area (Å²) in [5, 5.41) is 0. The van der Waals surface area contributed by atoms with Crippen molar-refractivity contribution in [1.29, 1.82) is 0 Å². The molecule has 0 N–H and O–H groups in total. The molecule has 7 nitrogen and oxygen atoms in total. The first-order valence-corrected chi connectivity index (χ1v) is 6.91. The van der Waals surface area contributed by atoms with E-state index < -0.39 is 0 Å².